The summed E-state index contributed by atoms with van der Waals surface area (Å²) in [4.78, 5) is 13.8. The Balaban J connectivity index is 1.98. The summed E-state index contributed by atoms with van der Waals surface area (Å²) >= 11 is 0. The molecule has 1 atom stereocenters. The van der Waals surface area contributed by atoms with Crippen LogP contribution in [0.15, 0.2) is 0 Å². The maximum absolute atomic E-state index is 12.0. The van der Waals surface area contributed by atoms with Crippen LogP contribution in [0, 0.1) is 0 Å². The topological polar surface area (TPSA) is 50.8 Å². The van der Waals surface area contributed by atoms with E-state index in [1.807, 2.05) is 27.7 Å². The Bertz CT molecular complexity index is 307. The number of nitrogens with zero attached hydrogens (tertiary/aromatic N) is 1. The summed E-state index contributed by atoms with van der Waals surface area (Å²) in [5.41, 5.74) is -0.627. The smallest absolute Gasteiger partial charge is 0.410 e. The van der Waals surface area contributed by atoms with E-state index >= 15 is 0 Å². The van der Waals surface area contributed by atoms with Gasteiger partial charge in [0.15, 0.2) is 0 Å². The second-order valence-electron chi connectivity index (χ2n) is 6.08. The van der Waals surface area contributed by atoms with Crippen molar-refractivity contribution in [3.63, 3.8) is 0 Å². The van der Waals surface area contributed by atoms with Gasteiger partial charge in [0, 0.05) is 13.1 Å². The van der Waals surface area contributed by atoms with Gasteiger partial charge in [0.05, 0.1) is 19.2 Å². The van der Waals surface area contributed by atoms with E-state index in [1.54, 1.807) is 4.90 Å². The van der Waals surface area contributed by atoms with E-state index in [9.17, 15) is 4.79 Å². The van der Waals surface area contributed by atoms with E-state index < -0.39 is 5.60 Å². The molecular weight excluding hydrogens is 220 g/mol. The lowest BCUT2D eigenvalue weighted by atomic mass is 9.94. The van der Waals surface area contributed by atoms with Crippen molar-refractivity contribution in [2.24, 2.45) is 0 Å². The van der Waals surface area contributed by atoms with Crippen molar-refractivity contribution in [3.05, 3.63) is 0 Å². The maximum Gasteiger partial charge on any atom is 0.410 e. The highest BCUT2D eigenvalue weighted by Gasteiger charge is 2.46. The van der Waals surface area contributed by atoms with Gasteiger partial charge in [-0.3, -0.25) is 0 Å². The van der Waals surface area contributed by atoms with Crippen molar-refractivity contribution >= 4 is 6.09 Å². The third-order valence-corrected chi connectivity index (χ3v) is 2.95. The van der Waals surface area contributed by atoms with Crippen molar-refractivity contribution in [1.29, 1.82) is 0 Å². The number of nitrogens with one attached hydrogen (secondary N) is 1. The lowest BCUT2D eigenvalue weighted by molar-refractivity contribution is -0.167. The Morgan fingerprint density at radius 2 is 2.12 bits per heavy atom. The molecule has 2 heterocycles. The first-order valence-electron chi connectivity index (χ1n) is 6.16. The molecule has 2 aliphatic rings. The molecule has 2 fully saturated rings. The minimum atomic E-state index is -0.441. The van der Waals surface area contributed by atoms with Gasteiger partial charge < -0.3 is 19.7 Å². The molecule has 17 heavy (non-hydrogen) atoms. The summed E-state index contributed by atoms with van der Waals surface area (Å²) in [6.07, 6.45) is -0.169. The number of carbonyl (C=O) groups excluding carboxylic acids is 1. The molecule has 1 amide bonds. The number of rotatable bonds is 0. The zero-order valence-electron chi connectivity index (χ0n) is 11.1. The van der Waals surface area contributed by atoms with E-state index in [-0.39, 0.29) is 17.8 Å². The molecule has 98 valence electrons. The van der Waals surface area contributed by atoms with Crippen LogP contribution in [-0.4, -0.2) is 54.5 Å². The van der Waals surface area contributed by atoms with E-state index in [1.165, 1.54) is 0 Å². The summed E-state index contributed by atoms with van der Waals surface area (Å²) < 4.78 is 11.3. The second-order valence-corrected chi connectivity index (χ2v) is 6.08. The molecule has 0 unspecified atom stereocenters. The lowest BCUT2D eigenvalue weighted by Gasteiger charge is -2.50. The van der Waals surface area contributed by atoms with Gasteiger partial charge in [-0.2, -0.15) is 0 Å². The van der Waals surface area contributed by atoms with Crippen molar-refractivity contribution in [2.45, 2.75) is 45.0 Å². The number of carbonyl (C=O) groups is 1. The number of hydrogen-bond donors (Lipinski definition) is 1. The van der Waals surface area contributed by atoms with Crippen molar-refractivity contribution in [1.82, 2.24) is 10.2 Å². The Kier molecular flexibility index (Phi) is 3.08. The van der Waals surface area contributed by atoms with Gasteiger partial charge in [0.1, 0.15) is 11.2 Å². The summed E-state index contributed by atoms with van der Waals surface area (Å²) in [7, 11) is 0. The zero-order chi connectivity index (χ0) is 12.7. The molecule has 2 saturated heterocycles. The monoisotopic (exact) mass is 242 g/mol. The number of hydrogen-bond acceptors (Lipinski definition) is 4. The Morgan fingerprint density at radius 1 is 1.47 bits per heavy atom. The van der Waals surface area contributed by atoms with Gasteiger partial charge in [0.25, 0.3) is 0 Å². The summed E-state index contributed by atoms with van der Waals surface area (Å²) in [5, 5.41) is 3.20. The molecule has 2 rings (SSSR count). The van der Waals surface area contributed by atoms with E-state index in [4.69, 9.17) is 9.47 Å². The third kappa shape index (κ3) is 2.90. The molecule has 1 N–H and O–H groups in total. The van der Waals surface area contributed by atoms with E-state index in [0.717, 1.165) is 13.1 Å². The molecule has 0 bridgehead atoms. The highest BCUT2D eigenvalue weighted by Crippen LogP contribution is 2.26. The third-order valence-electron chi connectivity index (χ3n) is 2.95. The quantitative estimate of drug-likeness (QED) is 0.688. The fraction of sp³-hybridized carbons (Fsp3) is 0.917. The van der Waals surface area contributed by atoms with Crippen molar-refractivity contribution < 1.29 is 14.3 Å². The molecule has 0 saturated carbocycles. The summed E-state index contributed by atoms with van der Waals surface area (Å²) in [6, 6.07) is 0. The summed E-state index contributed by atoms with van der Waals surface area (Å²) in [5.74, 6) is 0. The van der Waals surface area contributed by atoms with Crippen LogP contribution in [0.4, 0.5) is 4.79 Å². The SMILES string of the molecule is C[C@@H]1CN(C(=O)OC(C)(C)C)CC2(CNC2)O1. The van der Waals surface area contributed by atoms with Gasteiger partial charge in [-0.25, -0.2) is 4.79 Å². The molecule has 0 aromatic rings. The van der Waals surface area contributed by atoms with Gasteiger partial charge in [0.2, 0.25) is 0 Å². The van der Waals surface area contributed by atoms with Crippen LogP contribution in [0.1, 0.15) is 27.7 Å². The second kappa shape index (κ2) is 4.14. The number of ether oxygens (including phenoxy) is 2. The Labute approximate surface area is 102 Å². The predicted molar refractivity (Wildman–Crippen MR) is 64.0 cm³/mol. The van der Waals surface area contributed by atoms with Crippen LogP contribution < -0.4 is 5.32 Å². The fourth-order valence-corrected chi connectivity index (χ4v) is 2.29. The first kappa shape index (κ1) is 12.6. The minimum absolute atomic E-state index is 0.0679. The molecule has 0 aliphatic carbocycles. The van der Waals surface area contributed by atoms with Crippen molar-refractivity contribution in [3.8, 4) is 0 Å². The van der Waals surface area contributed by atoms with E-state index in [2.05, 4.69) is 5.32 Å². The molecule has 5 nitrogen and oxygen atoms in total. The van der Waals surface area contributed by atoms with Gasteiger partial charge in [-0.15, -0.1) is 0 Å². The van der Waals surface area contributed by atoms with Crippen LogP contribution in [-0.2, 0) is 9.47 Å². The van der Waals surface area contributed by atoms with Gasteiger partial charge in [-0.05, 0) is 27.7 Å². The Morgan fingerprint density at radius 3 is 2.59 bits per heavy atom. The minimum Gasteiger partial charge on any atom is -0.444 e. The number of amides is 1. The largest absolute Gasteiger partial charge is 0.444 e. The standard InChI is InChI=1S/C12H22N2O3/c1-9-5-14(10(15)17-11(2,3)4)8-12(16-9)6-13-7-12/h9,13H,5-8H2,1-4H3/t9-/m1/s1. The molecule has 0 radical (unpaired) electrons. The first-order valence-corrected chi connectivity index (χ1v) is 6.16. The highest BCUT2D eigenvalue weighted by atomic mass is 16.6. The van der Waals surface area contributed by atoms with Crippen LogP contribution in [0.5, 0.6) is 0 Å². The van der Waals surface area contributed by atoms with Crippen LogP contribution in [0.3, 0.4) is 0 Å². The van der Waals surface area contributed by atoms with Crippen LogP contribution >= 0.6 is 0 Å². The van der Waals surface area contributed by atoms with Crippen LogP contribution in [0.25, 0.3) is 0 Å². The van der Waals surface area contributed by atoms with E-state index in [0.29, 0.717) is 13.1 Å². The average molecular weight is 242 g/mol. The normalized spacial score (nSPS) is 27.8. The maximum atomic E-state index is 12.0. The molecule has 0 aromatic heterocycles. The fourth-order valence-electron chi connectivity index (χ4n) is 2.29. The van der Waals surface area contributed by atoms with Gasteiger partial charge >= 0.3 is 6.09 Å². The molecule has 5 heteroatoms. The Hall–Kier alpha value is -0.810. The lowest BCUT2D eigenvalue weighted by Crippen LogP contribution is -2.71. The molecule has 2 aliphatic heterocycles. The molecule has 0 aromatic carbocycles. The van der Waals surface area contributed by atoms with Crippen LogP contribution in [0.2, 0.25) is 0 Å². The average Bonchev–Trinajstić information content (AvgIpc) is 2.11. The predicted octanol–water partition coefficient (Wildman–Crippen LogP) is 0.984. The van der Waals surface area contributed by atoms with Gasteiger partial charge in [-0.1, -0.05) is 0 Å². The highest BCUT2D eigenvalue weighted by molar-refractivity contribution is 5.68. The number of morpholine rings is 1. The molecular formula is C12H22N2O3. The van der Waals surface area contributed by atoms with Crippen molar-refractivity contribution in [2.75, 3.05) is 26.2 Å². The zero-order valence-corrected chi connectivity index (χ0v) is 11.1. The summed E-state index contributed by atoms with van der Waals surface area (Å²) in [6.45, 7) is 10.5. The molecule has 1 spiro atoms. The first-order chi connectivity index (χ1) is 7.80.